The Hall–Kier alpha value is -4.06. The number of para-hydroxylation sites is 2. The first-order valence-corrected chi connectivity index (χ1v) is 10.8. The third-order valence-corrected chi connectivity index (χ3v) is 5.36. The zero-order chi connectivity index (χ0) is 22.6. The van der Waals surface area contributed by atoms with Gasteiger partial charge in [-0.2, -0.15) is 4.98 Å². The summed E-state index contributed by atoms with van der Waals surface area (Å²) < 4.78 is 26.8. The van der Waals surface area contributed by atoms with Gasteiger partial charge in [0.2, 0.25) is 24.5 Å². The molecule has 3 heterocycles. The lowest BCUT2D eigenvalue weighted by Crippen LogP contribution is -2.15. The van der Waals surface area contributed by atoms with Crippen LogP contribution in [-0.2, 0) is 17.0 Å². The van der Waals surface area contributed by atoms with Crippen LogP contribution in [0.1, 0.15) is 11.7 Å². The quantitative estimate of drug-likeness (QED) is 0.382. The lowest BCUT2D eigenvalue weighted by molar-refractivity contribution is -0.115. The summed E-state index contributed by atoms with van der Waals surface area (Å²) in [5.41, 5.74) is 1.29. The average molecular weight is 467 g/mol. The lowest BCUT2D eigenvalue weighted by atomic mass is 10.2. The number of hydrogen-bond donors (Lipinski definition) is 1. The molecule has 2 aromatic heterocycles. The topological polar surface area (TPSA) is 135 Å². The highest BCUT2D eigenvalue weighted by Gasteiger charge is 2.18. The van der Waals surface area contributed by atoms with Crippen LogP contribution in [-0.4, -0.2) is 40.1 Å². The number of benzene rings is 2. The Morgan fingerprint density at radius 2 is 2.03 bits per heavy atom. The highest BCUT2D eigenvalue weighted by atomic mass is 32.2. The Kier molecular flexibility index (Phi) is 5.81. The Morgan fingerprint density at radius 3 is 2.94 bits per heavy atom. The number of nitrogens with zero attached hydrogens (tertiary/aromatic N) is 4. The molecule has 1 amide bonds. The minimum atomic E-state index is -0.287. The predicted molar refractivity (Wildman–Crippen MR) is 115 cm³/mol. The van der Waals surface area contributed by atoms with Gasteiger partial charge < -0.3 is 28.5 Å². The SMILES string of the molecule is COc1ccccc1NC(=O)Cc1noc(CSc2nnc(-c3ccc4c(c3)OCO4)o2)n1. The predicted octanol–water partition coefficient (Wildman–Crippen LogP) is 3.33. The molecule has 11 nitrogen and oxygen atoms in total. The van der Waals surface area contributed by atoms with Crippen molar-refractivity contribution < 1.29 is 27.9 Å². The first-order chi connectivity index (χ1) is 16.2. The number of hydrogen-bond acceptors (Lipinski definition) is 11. The third kappa shape index (κ3) is 4.75. The smallest absolute Gasteiger partial charge is 0.277 e. The summed E-state index contributed by atoms with van der Waals surface area (Å²) >= 11 is 1.24. The molecule has 0 bridgehead atoms. The fourth-order valence-corrected chi connectivity index (χ4v) is 3.64. The van der Waals surface area contributed by atoms with E-state index >= 15 is 0 Å². The number of thioether (sulfide) groups is 1. The van der Waals surface area contributed by atoms with Crippen LogP contribution in [0, 0.1) is 0 Å². The molecule has 5 rings (SSSR count). The molecule has 33 heavy (non-hydrogen) atoms. The molecule has 0 radical (unpaired) electrons. The number of methoxy groups -OCH3 is 1. The average Bonchev–Trinajstić information content (AvgIpc) is 3.58. The van der Waals surface area contributed by atoms with Gasteiger partial charge in [-0.15, -0.1) is 10.2 Å². The maximum absolute atomic E-state index is 12.3. The molecule has 2 aromatic carbocycles. The number of carbonyl (C=O) groups is 1. The van der Waals surface area contributed by atoms with Gasteiger partial charge >= 0.3 is 0 Å². The highest BCUT2D eigenvalue weighted by molar-refractivity contribution is 7.98. The van der Waals surface area contributed by atoms with Gasteiger partial charge in [0.25, 0.3) is 5.22 Å². The third-order valence-electron chi connectivity index (χ3n) is 4.55. The largest absolute Gasteiger partial charge is 0.495 e. The monoisotopic (exact) mass is 467 g/mol. The van der Waals surface area contributed by atoms with Crippen molar-refractivity contribution in [3.05, 3.63) is 54.2 Å². The molecule has 4 aromatic rings. The first kappa shape index (κ1) is 20.8. The second-order valence-electron chi connectivity index (χ2n) is 6.76. The van der Waals surface area contributed by atoms with Crippen molar-refractivity contribution >= 4 is 23.4 Å². The van der Waals surface area contributed by atoms with Crippen LogP contribution in [0.25, 0.3) is 11.5 Å². The van der Waals surface area contributed by atoms with Gasteiger partial charge in [-0.1, -0.05) is 29.1 Å². The molecule has 0 atom stereocenters. The van der Waals surface area contributed by atoms with Crippen molar-refractivity contribution in [2.45, 2.75) is 17.4 Å². The summed E-state index contributed by atoms with van der Waals surface area (Å²) in [6, 6.07) is 12.5. The maximum atomic E-state index is 12.3. The molecule has 0 spiro atoms. The molecule has 1 N–H and O–H groups in total. The lowest BCUT2D eigenvalue weighted by Gasteiger charge is -2.08. The molecule has 1 aliphatic rings. The number of fused-ring (bicyclic) bond motifs is 1. The van der Waals surface area contributed by atoms with Gasteiger partial charge in [0.15, 0.2) is 17.3 Å². The van der Waals surface area contributed by atoms with Crippen molar-refractivity contribution in [3.63, 3.8) is 0 Å². The minimum absolute atomic E-state index is 0.0406. The second kappa shape index (κ2) is 9.20. The van der Waals surface area contributed by atoms with E-state index in [4.69, 9.17) is 23.2 Å². The van der Waals surface area contributed by atoms with E-state index in [1.165, 1.54) is 18.9 Å². The van der Waals surface area contributed by atoms with Crippen molar-refractivity contribution in [1.82, 2.24) is 20.3 Å². The van der Waals surface area contributed by atoms with E-state index < -0.39 is 0 Å². The fourth-order valence-electron chi connectivity index (χ4n) is 3.04. The number of anilines is 1. The van der Waals surface area contributed by atoms with Gasteiger partial charge in [0.1, 0.15) is 5.75 Å². The van der Waals surface area contributed by atoms with Crippen LogP contribution >= 0.6 is 11.8 Å². The van der Waals surface area contributed by atoms with E-state index in [9.17, 15) is 4.79 Å². The van der Waals surface area contributed by atoms with Gasteiger partial charge in [-0.3, -0.25) is 4.79 Å². The van der Waals surface area contributed by atoms with Crippen LogP contribution in [0.3, 0.4) is 0 Å². The molecule has 0 aliphatic carbocycles. The molecule has 1 aliphatic heterocycles. The number of rotatable bonds is 8. The number of aromatic nitrogens is 4. The van der Waals surface area contributed by atoms with Gasteiger partial charge in [0, 0.05) is 5.56 Å². The van der Waals surface area contributed by atoms with E-state index in [2.05, 4.69) is 25.7 Å². The Morgan fingerprint density at radius 1 is 1.15 bits per heavy atom. The molecule has 0 fully saturated rings. The summed E-state index contributed by atoms with van der Waals surface area (Å²) in [5, 5.41) is 15.1. The Balaban J connectivity index is 1.16. The summed E-state index contributed by atoms with van der Waals surface area (Å²) in [6.07, 6.45) is -0.0406. The van der Waals surface area contributed by atoms with E-state index in [1.807, 2.05) is 12.1 Å². The van der Waals surface area contributed by atoms with E-state index in [0.29, 0.717) is 45.7 Å². The first-order valence-electron chi connectivity index (χ1n) is 9.78. The summed E-state index contributed by atoms with van der Waals surface area (Å²) in [6.45, 7) is 0.192. The molecular formula is C21H17N5O6S. The van der Waals surface area contributed by atoms with E-state index in [1.54, 1.807) is 30.3 Å². The number of ether oxygens (including phenoxy) is 3. The van der Waals surface area contributed by atoms with Crippen molar-refractivity contribution in [3.8, 4) is 28.7 Å². The van der Waals surface area contributed by atoms with Gasteiger partial charge in [-0.25, -0.2) is 0 Å². The van der Waals surface area contributed by atoms with Crippen molar-refractivity contribution in [1.29, 1.82) is 0 Å². The molecule has 0 unspecified atom stereocenters. The fraction of sp³-hybridized carbons (Fsp3) is 0.190. The normalized spacial score (nSPS) is 12.0. The van der Waals surface area contributed by atoms with E-state index in [-0.39, 0.29) is 24.9 Å². The van der Waals surface area contributed by atoms with Crippen LogP contribution in [0.4, 0.5) is 5.69 Å². The van der Waals surface area contributed by atoms with Gasteiger partial charge in [-0.05, 0) is 30.3 Å². The zero-order valence-corrected chi connectivity index (χ0v) is 18.1. The molecule has 0 saturated heterocycles. The van der Waals surface area contributed by atoms with Crippen LogP contribution in [0.2, 0.25) is 0 Å². The number of amides is 1. The van der Waals surface area contributed by atoms with Crippen LogP contribution in [0.15, 0.2) is 56.6 Å². The molecule has 0 saturated carbocycles. The van der Waals surface area contributed by atoms with Crippen molar-refractivity contribution in [2.75, 3.05) is 19.2 Å². The van der Waals surface area contributed by atoms with Crippen LogP contribution < -0.4 is 19.5 Å². The van der Waals surface area contributed by atoms with Crippen molar-refractivity contribution in [2.24, 2.45) is 0 Å². The highest BCUT2D eigenvalue weighted by Crippen LogP contribution is 2.36. The minimum Gasteiger partial charge on any atom is -0.495 e. The summed E-state index contributed by atoms with van der Waals surface area (Å²) in [7, 11) is 1.54. The molecular weight excluding hydrogens is 450 g/mol. The summed E-state index contributed by atoms with van der Waals surface area (Å²) in [5.74, 6) is 2.86. The Labute approximate surface area is 191 Å². The standard InChI is InChI=1S/C21H17N5O6S/c1-28-14-5-3-2-4-13(14)22-18(27)9-17-23-19(32-26-17)10-33-21-25-24-20(31-21)12-6-7-15-16(8-12)30-11-29-15/h2-8H,9-11H2,1H3,(H,22,27). The summed E-state index contributed by atoms with van der Waals surface area (Å²) in [4.78, 5) is 16.5. The Bertz CT molecular complexity index is 1290. The van der Waals surface area contributed by atoms with Crippen LogP contribution in [0.5, 0.6) is 17.2 Å². The maximum Gasteiger partial charge on any atom is 0.277 e. The second-order valence-corrected chi connectivity index (χ2v) is 7.69. The number of carbonyl (C=O) groups excluding carboxylic acids is 1. The zero-order valence-electron chi connectivity index (χ0n) is 17.3. The molecule has 12 heteroatoms. The number of nitrogens with one attached hydrogen (secondary N) is 1. The molecule has 168 valence electrons. The van der Waals surface area contributed by atoms with Gasteiger partial charge in [0.05, 0.1) is 25.0 Å². The van der Waals surface area contributed by atoms with E-state index in [0.717, 1.165) is 5.56 Å².